The van der Waals surface area contributed by atoms with E-state index in [1.165, 1.54) is 16.7 Å². The summed E-state index contributed by atoms with van der Waals surface area (Å²) >= 11 is 0. The number of ether oxygens (including phenoxy) is 1. The fourth-order valence-electron chi connectivity index (χ4n) is 3.80. The molecule has 0 bridgehead atoms. The third-order valence-electron chi connectivity index (χ3n) is 5.65. The molecule has 9 nitrogen and oxygen atoms in total. The number of aliphatic hydroxyl groups excluding tert-OH is 2. The molecule has 0 saturated carbocycles. The molecule has 0 radical (unpaired) electrons. The van der Waals surface area contributed by atoms with Crippen molar-refractivity contribution >= 4 is 10.0 Å². The van der Waals surface area contributed by atoms with E-state index < -0.39 is 22.2 Å². The van der Waals surface area contributed by atoms with E-state index in [0.717, 1.165) is 5.56 Å². The molecule has 0 saturated heterocycles. The summed E-state index contributed by atoms with van der Waals surface area (Å²) in [7, 11) is -1.96. The Kier molecular flexibility index (Phi) is 8.62. The first-order chi connectivity index (χ1) is 16.1. The maximum absolute atomic E-state index is 13.5. The fourth-order valence-corrected chi connectivity index (χ4v) is 5.63. The van der Waals surface area contributed by atoms with Crippen molar-refractivity contribution in [2.24, 2.45) is 5.92 Å². The third kappa shape index (κ3) is 6.31. The highest BCUT2D eigenvalue weighted by Crippen LogP contribution is 2.34. The second-order valence-electron chi connectivity index (χ2n) is 8.79. The molecule has 0 fully saturated rings. The van der Waals surface area contributed by atoms with Crippen LogP contribution in [0.1, 0.15) is 31.9 Å². The number of benzene rings is 1. The lowest BCUT2D eigenvalue weighted by Crippen LogP contribution is -2.49. The number of aliphatic hydroxyl groups is 2. The van der Waals surface area contributed by atoms with Crippen LogP contribution >= 0.6 is 0 Å². The molecule has 2 N–H and O–H groups in total. The molecule has 34 heavy (non-hydrogen) atoms. The Morgan fingerprint density at radius 3 is 2.65 bits per heavy atom. The van der Waals surface area contributed by atoms with E-state index in [9.17, 15) is 18.6 Å². The van der Waals surface area contributed by atoms with Gasteiger partial charge in [-0.25, -0.2) is 18.4 Å². The maximum atomic E-state index is 13.5. The zero-order valence-corrected chi connectivity index (χ0v) is 20.7. The van der Waals surface area contributed by atoms with Gasteiger partial charge in [0.15, 0.2) is 0 Å². The van der Waals surface area contributed by atoms with Gasteiger partial charge >= 0.3 is 0 Å². The molecule has 184 valence electrons. The van der Waals surface area contributed by atoms with Gasteiger partial charge in [-0.3, -0.25) is 4.90 Å². The number of hydrogen-bond donors (Lipinski definition) is 2. The Labute approximate surface area is 201 Å². The van der Waals surface area contributed by atoms with E-state index in [0.29, 0.717) is 18.7 Å². The predicted octanol–water partition coefficient (Wildman–Crippen LogP) is 1.11. The molecule has 2 heterocycles. The van der Waals surface area contributed by atoms with E-state index in [4.69, 9.17) is 4.74 Å². The number of sulfonamides is 1. The normalized spacial score (nSPS) is 21.9. The van der Waals surface area contributed by atoms with E-state index in [1.54, 1.807) is 38.4 Å². The van der Waals surface area contributed by atoms with E-state index in [2.05, 4.69) is 26.7 Å². The Balaban J connectivity index is 1.99. The fraction of sp³-hybridized carbons (Fsp3) is 0.500. The zero-order valence-electron chi connectivity index (χ0n) is 19.9. The summed E-state index contributed by atoms with van der Waals surface area (Å²) < 4.78 is 34.7. The van der Waals surface area contributed by atoms with Gasteiger partial charge in [-0.2, -0.15) is 4.31 Å². The highest BCUT2D eigenvalue weighted by Gasteiger charge is 2.38. The van der Waals surface area contributed by atoms with Crippen LogP contribution < -0.4 is 4.74 Å². The average molecular weight is 489 g/mol. The van der Waals surface area contributed by atoms with Crippen molar-refractivity contribution in [3.8, 4) is 17.6 Å². The van der Waals surface area contributed by atoms with Gasteiger partial charge in [-0.1, -0.05) is 18.8 Å². The lowest BCUT2D eigenvalue weighted by molar-refractivity contribution is 0.0733. The molecule has 3 rings (SSSR count). The molecule has 1 aliphatic heterocycles. The molecule has 0 unspecified atom stereocenters. The Bertz CT molecular complexity index is 1130. The molecule has 0 spiro atoms. The van der Waals surface area contributed by atoms with Gasteiger partial charge in [0.05, 0.1) is 6.61 Å². The van der Waals surface area contributed by atoms with Crippen molar-refractivity contribution in [1.29, 1.82) is 0 Å². The summed E-state index contributed by atoms with van der Waals surface area (Å²) in [4.78, 5) is 10.2. The van der Waals surface area contributed by atoms with Crippen LogP contribution in [0.3, 0.4) is 0 Å². The quantitative estimate of drug-likeness (QED) is 0.581. The van der Waals surface area contributed by atoms with Gasteiger partial charge < -0.3 is 14.9 Å². The summed E-state index contributed by atoms with van der Waals surface area (Å²) in [5, 5.41) is 19.2. The van der Waals surface area contributed by atoms with Crippen molar-refractivity contribution in [2.75, 3.05) is 26.7 Å². The van der Waals surface area contributed by atoms with E-state index >= 15 is 0 Å². The zero-order chi connectivity index (χ0) is 24.9. The lowest BCUT2D eigenvalue weighted by Gasteiger charge is -2.37. The predicted molar refractivity (Wildman–Crippen MR) is 127 cm³/mol. The highest BCUT2D eigenvalue weighted by molar-refractivity contribution is 7.89. The smallest absolute Gasteiger partial charge is 0.247 e. The van der Waals surface area contributed by atoms with Crippen LogP contribution in [0, 0.1) is 17.8 Å². The Morgan fingerprint density at radius 2 is 2.00 bits per heavy atom. The van der Waals surface area contributed by atoms with Crippen LogP contribution in [0.15, 0.2) is 41.8 Å². The van der Waals surface area contributed by atoms with Gasteiger partial charge in [-0.05, 0) is 39.1 Å². The molecule has 2 aromatic rings. The SMILES string of the molecule is C[C@H](O)C#Cc1ccc2c(c1)O[C@@H](CN(C)Cc1cncnc1)[C@H](C)CN([C@@H](C)CO)S2(=O)=O. The van der Waals surface area contributed by atoms with Crippen LogP contribution in [0.2, 0.25) is 0 Å². The summed E-state index contributed by atoms with van der Waals surface area (Å²) in [6, 6.07) is 4.08. The van der Waals surface area contributed by atoms with Crippen molar-refractivity contribution < 1.29 is 23.4 Å². The molecule has 1 aromatic carbocycles. The molecule has 1 aromatic heterocycles. The average Bonchev–Trinajstić information content (AvgIpc) is 2.80. The van der Waals surface area contributed by atoms with Crippen LogP contribution in [0.5, 0.6) is 5.75 Å². The van der Waals surface area contributed by atoms with E-state index in [-0.39, 0.29) is 35.8 Å². The second kappa shape index (κ2) is 11.3. The minimum absolute atomic E-state index is 0.0337. The van der Waals surface area contributed by atoms with Crippen LogP contribution in [-0.4, -0.2) is 82.8 Å². The second-order valence-corrected chi connectivity index (χ2v) is 10.6. The number of fused-ring (bicyclic) bond motifs is 1. The molecule has 4 atom stereocenters. The minimum Gasteiger partial charge on any atom is -0.487 e. The third-order valence-corrected chi connectivity index (χ3v) is 7.67. The topological polar surface area (TPSA) is 116 Å². The summed E-state index contributed by atoms with van der Waals surface area (Å²) in [6.45, 7) is 6.24. The first-order valence-electron chi connectivity index (χ1n) is 11.2. The van der Waals surface area contributed by atoms with Gasteiger partial charge in [0.2, 0.25) is 10.0 Å². The Morgan fingerprint density at radius 1 is 1.29 bits per heavy atom. The standard InChI is InChI=1S/C24H32N4O5S/c1-17-12-28(18(2)15-29)34(31,32)24-8-7-20(6-5-19(3)30)9-22(24)33-23(17)14-27(4)13-21-10-25-16-26-11-21/h7-11,16-19,23,29-30H,12-15H2,1-4H3/t17-,18+,19+,23+/m1/s1. The molecular weight excluding hydrogens is 456 g/mol. The lowest BCUT2D eigenvalue weighted by atomic mass is 10.0. The molecule has 10 heteroatoms. The molecule has 0 aliphatic carbocycles. The molecular formula is C24H32N4O5S. The first-order valence-corrected chi connectivity index (χ1v) is 12.6. The molecule has 0 amide bonds. The van der Waals surface area contributed by atoms with E-state index in [1.807, 2.05) is 14.0 Å². The number of aromatic nitrogens is 2. The van der Waals surface area contributed by atoms with Crippen LogP contribution in [-0.2, 0) is 16.6 Å². The van der Waals surface area contributed by atoms with Crippen LogP contribution in [0.25, 0.3) is 0 Å². The highest BCUT2D eigenvalue weighted by atomic mass is 32.2. The first kappa shape index (κ1) is 26.1. The number of likely N-dealkylation sites (N-methyl/N-ethyl adjacent to an activating group) is 1. The number of hydrogen-bond acceptors (Lipinski definition) is 8. The van der Waals surface area contributed by atoms with Gasteiger partial charge in [0, 0.05) is 55.1 Å². The number of rotatable bonds is 6. The monoisotopic (exact) mass is 488 g/mol. The van der Waals surface area contributed by atoms with Crippen molar-refractivity contribution in [3.05, 3.63) is 48.0 Å². The Hall–Kier alpha value is -2.55. The summed E-state index contributed by atoms with van der Waals surface area (Å²) in [5.41, 5.74) is 1.50. The molecule has 1 aliphatic rings. The largest absolute Gasteiger partial charge is 0.487 e. The van der Waals surface area contributed by atoms with Crippen molar-refractivity contribution in [3.63, 3.8) is 0 Å². The maximum Gasteiger partial charge on any atom is 0.247 e. The van der Waals surface area contributed by atoms with Gasteiger partial charge in [-0.15, -0.1) is 0 Å². The van der Waals surface area contributed by atoms with Gasteiger partial charge in [0.25, 0.3) is 0 Å². The summed E-state index contributed by atoms with van der Waals surface area (Å²) in [6.07, 6.45) is 3.85. The van der Waals surface area contributed by atoms with Crippen LogP contribution in [0.4, 0.5) is 0 Å². The van der Waals surface area contributed by atoms with Crippen molar-refractivity contribution in [1.82, 2.24) is 19.2 Å². The van der Waals surface area contributed by atoms with Crippen molar-refractivity contribution in [2.45, 2.75) is 50.5 Å². The minimum atomic E-state index is -3.91. The number of nitrogens with zero attached hydrogens (tertiary/aromatic N) is 4. The van der Waals surface area contributed by atoms with Gasteiger partial charge in [0.1, 0.15) is 29.2 Å². The summed E-state index contributed by atoms with van der Waals surface area (Å²) in [5.74, 6) is 5.56.